The second-order valence-electron chi connectivity index (χ2n) is 5.18. The molecule has 0 aromatic heterocycles. The van der Waals surface area contributed by atoms with Gasteiger partial charge < -0.3 is 5.43 Å². The van der Waals surface area contributed by atoms with Gasteiger partial charge in [-0.05, 0) is 37.8 Å². The first-order valence-electron chi connectivity index (χ1n) is 6.62. The second kappa shape index (κ2) is 5.96. The van der Waals surface area contributed by atoms with Crippen LogP contribution in [-0.2, 0) is 10.0 Å². The van der Waals surface area contributed by atoms with Crippen molar-refractivity contribution >= 4 is 21.4 Å². The fourth-order valence-electron chi connectivity index (χ4n) is 2.32. The molecular weight excluding hydrogens is 296 g/mol. The molecule has 0 spiro atoms. The minimum atomic E-state index is -3.94. The molecule has 2 rings (SSSR count). The molecule has 1 saturated carbocycles. The molecule has 0 aliphatic heterocycles. The zero-order valence-electron chi connectivity index (χ0n) is 11.6. The largest absolute Gasteiger partial charge is 0.324 e. The molecule has 1 unspecified atom stereocenters. The van der Waals surface area contributed by atoms with Crippen LogP contribution in [0.4, 0.5) is 11.4 Å². The van der Waals surface area contributed by atoms with Gasteiger partial charge in [-0.25, -0.2) is 13.1 Å². The Balaban J connectivity index is 2.32. The molecule has 1 fully saturated rings. The highest BCUT2D eigenvalue weighted by atomic mass is 32.2. The molecule has 4 N–H and O–H groups in total. The molecular formula is C12H18N4O4S. The van der Waals surface area contributed by atoms with Crippen molar-refractivity contribution in [2.75, 3.05) is 5.43 Å². The molecule has 1 aromatic carbocycles. The Morgan fingerprint density at radius 1 is 1.43 bits per heavy atom. The predicted octanol–water partition coefficient (Wildman–Crippen LogP) is 1.35. The topological polar surface area (TPSA) is 127 Å². The first-order chi connectivity index (χ1) is 9.85. The van der Waals surface area contributed by atoms with Crippen LogP contribution in [0.2, 0.25) is 0 Å². The number of hydrogen-bond donors (Lipinski definition) is 3. The number of nitrogen functional groups attached to an aromatic ring is 1. The lowest BCUT2D eigenvalue weighted by molar-refractivity contribution is -0.387. The zero-order valence-corrected chi connectivity index (χ0v) is 12.4. The Bertz CT molecular complexity index is 643. The number of hydrogen-bond acceptors (Lipinski definition) is 6. The first-order valence-corrected chi connectivity index (χ1v) is 8.11. The lowest BCUT2D eigenvalue weighted by Crippen LogP contribution is -2.40. The minimum Gasteiger partial charge on any atom is -0.324 e. The van der Waals surface area contributed by atoms with Crippen molar-refractivity contribution in [3.63, 3.8) is 0 Å². The van der Waals surface area contributed by atoms with Crippen molar-refractivity contribution in [1.82, 2.24) is 4.72 Å². The number of anilines is 1. The Kier molecular flexibility index (Phi) is 4.45. The van der Waals surface area contributed by atoms with Crippen molar-refractivity contribution in [3.05, 3.63) is 28.3 Å². The summed E-state index contributed by atoms with van der Waals surface area (Å²) in [5.41, 5.74) is 2.03. The number of rotatable bonds is 6. The number of nitro groups is 1. The molecule has 1 aliphatic rings. The van der Waals surface area contributed by atoms with E-state index < -0.39 is 20.6 Å². The van der Waals surface area contributed by atoms with Gasteiger partial charge >= 0.3 is 0 Å². The maximum atomic E-state index is 12.3. The monoisotopic (exact) mass is 314 g/mol. The molecule has 1 aromatic rings. The van der Waals surface area contributed by atoms with Crippen LogP contribution in [0.1, 0.15) is 26.2 Å². The summed E-state index contributed by atoms with van der Waals surface area (Å²) in [7, 11) is -3.94. The van der Waals surface area contributed by atoms with Crippen LogP contribution in [0.25, 0.3) is 0 Å². The van der Waals surface area contributed by atoms with Gasteiger partial charge in [-0.3, -0.25) is 16.0 Å². The van der Waals surface area contributed by atoms with Gasteiger partial charge in [0, 0.05) is 12.1 Å². The van der Waals surface area contributed by atoms with E-state index in [4.69, 9.17) is 5.84 Å². The van der Waals surface area contributed by atoms with Gasteiger partial charge in [0.25, 0.3) is 5.69 Å². The maximum absolute atomic E-state index is 12.3. The lowest BCUT2D eigenvalue weighted by Gasteiger charge is -2.31. The molecule has 8 nitrogen and oxygen atoms in total. The number of hydrazine groups is 1. The molecule has 0 saturated heterocycles. The highest BCUT2D eigenvalue weighted by Crippen LogP contribution is 2.31. The molecule has 1 atom stereocenters. The Morgan fingerprint density at radius 2 is 2.10 bits per heavy atom. The average Bonchev–Trinajstić information content (AvgIpc) is 2.34. The van der Waals surface area contributed by atoms with E-state index in [1.54, 1.807) is 6.92 Å². The average molecular weight is 314 g/mol. The van der Waals surface area contributed by atoms with Gasteiger partial charge in [0.05, 0.1) is 10.6 Å². The molecule has 0 radical (unpaired) electrons. The number of nitrogens with two attached hydrogens (primary N) is 1. The molecule has 0 amide bonds. The summed E-state index contributed by atoms with van der Waals surface area (Å²) in [6, 6.07) is 3.43. The fraction of sp³-hybridized carbons (Fsp3) is 0.500. The standard InChI is InChI=1S/C12H18N4O4S/c1-8(9-3-2-4-9)15-21(19,20)12-6-5-10(14-13)7-11(12)16(17)18/h5-9,14-15H,2-4,13H2,1H3. The fourth-order valence-corrected chi connectivity index (χ4v) is 3.79. The van der Waals surface area contributed by atoms with E-state index in [1.807, 2.05) is 0 Å². The van der Waals surface area contributed by atoms with E-state index in [0.717, 1.165) is 25.3 Å². The van der Waals surface area contributed by atoms with Gasteiger partial charge in [-0.2, -0.15) is 0 Å². The van der Waals surface area contributed by atoms with Gasteiger partial charge in [-0.1, -0.05) is 6.42 Å². The van der Waals surface area contributed by atoms with Crippen molar-refractivity contribution in [3.8, 4) is 0 Å². The highest BCUT2D eigenvalue weighted by Gasteiger charge is 2.31. The van der Waals surface area contributed by atoms with Crippen molar-refractivity contribution < 1.29 is 13.3 Å². The smallest absolute Gasteiger partial charge is 0.291 e. The normalized spacial score (nSPS) is 17.0. The van der Waals surface area contributed by atoms with Crippen molar-refractivity contribution in [2.45, 2.75) is 37.1 Å². The molecule has 21 heavy (non-hydrogen) atoms. The molecule has 0 heterocycles. The van der Waals surface area contributed by atoms with Crippen LogP contribution in [0.15, 0.2) is 23.1 Å². The van der Waals surface area contributed by atoms with Crippen LogP contribution < -0.4 is 16.0 Å². The number of nitrogens with one attached hydrogen (secondary N) is 2. The van der Waals surface area contributed by atoms with E-state index in [9.17, 15) is 18.5 Å². The van der Waals surface area contributed by atoms with E-state index in [-0.39, 0.29) is 16.6 Å². The summed E-state index contributed by atoms with van der Waals surface area (Å²) in [5, 5.41) is 11.1. The number of nitro benzene ring substituents is 1. The first kappa shape index (κ1) is 15.7. The quantitative estimate of drug-likeness (QED) is 0.413. The van der Waals surface area contributed by atoms with Gasteiger partial charge in [0.1, 0.15) is 0 Å². The molecule has 1 aliphatic carbocycles. The summed E-state index contributed by atoms with van der Waals surface area (Å²) in [4.78, 5) is 9.99. The van der Waals surface area contributed by atoms with Gasteiger partial charge in [-0.15, -0.1) is 0 Å². The number of benzene rings is 1. The molecule has 9 heteroatoms. The van der Waals surface area contributed by atoms with E-state index in [2.05, 4.69) is 10.1 Å². The third kappa shape index (κ3) is 3.31. The van der Waals surface area contributed by atoms with Crippen LogP contribution in [0.3, 0.4) is 0 Å². The van der Waals surface area contributed by atoms with Crippen LogP contribution in [0, 0.1) is 16.0 Å². The number of nitrogens with zero attached hydrogens (tertiary/aromatic N) is 1. The van der Waals surface area contributed by atoms with E-state index in [1.165, 1.54) is 12.1 Å². The van der Waals surface area contributed by atoms with Crippen LogP contribution in [0.5, 0.6) is 0 Å². The minimum absolute atomic E-state index is 0.240. The van der Waals surface area contributed by atoms with Gasteiger partial charge in [0.2, 0.25) is 10.0 Å². The summed E-state index contributed by atoms with van der Waals surface area (Å²) in [5.74, 6) is 5.48. The third-order valence-corrected chi connectivity index (χ3v) is 5.42. The Morgan fingerprint density at radius 3 is 2.57 bits per heavy atom. The second-order valence-corrected chi connectivity index (χ2v) is 6.87. The highest BCUT2D eigenvalue weighted by molar-refractivity contribution is 7.89. The third-order valence-electron chi connectivity index (χ3n) is 3.81. The summed E-state index contributed by atoms with van der Waals surface area (Å²) >= 11 is 0. The van der Waals surface area contributed by atoms with Crippen LogP contribution in [-0.4, -0.2) is 19.4 Å². The Hall–Kier alpha value is -1.71. The maximum Gasteiger partial charge on any atom is 0.291 e. The zero-order chi connectivity index (χ0) is 15.6. The number of sulfonamides is 1. The Labute approximate surface area is 122 Å². The van der Waals surface area contributed by atoms with Crippen molar-refractivity contribution in [2.24, 2.45) is 11.8 Å². The van der Waals surface area contributed by atoms with E-state index in [0.29, 0.717) is 5.92 Å². The lowest BCUT2D eigenvalue weighted by atomic mass is 9.81. The SMILES string of the molecule is CC(NS(=O)(=O)c1ccc(NN)cc1[N+](=O)[O-])C1CCC1. The van der Waals surface area contributed by atoms with E-state index >= 15 is 0 Å². The summed E-state index contributed by atoms with van der Waals surface area (Å²) in [6.07, 6.45) is 3.04. The summed E-state index contributed by atoms with van der Waals surface area (Å²) < 4.78 is 27.2. The summed E-state index contributed by atoms with van der Waals surface area (Å²) in [6.45, 7) is 1.78. The molecule has 0 bridgehead atoms. The molecule has 116 valence electrons. The van der Waals surface area contributed by atoms with Crippen LogP contribution >= 0.6 is 0 Å². The van der Waals surface area contributed by atoms with Gasteiger partial charge in [0.15, 0.2) is 4.90 Å². The van der Waals surface area contributed by atoms with Crippen molar-refractivity contribution in [1.29, 1.82) is 0 Å². The predicted molar refractivity (Wildman–Crippen MR) is 78.0 cm³/mol.